The molecule has 0 aliphatic carbocycles. The second-order valence-corrected chi connectivity index (χ2v) is 6.55. The molecule has 5 nitrogen and oxygen atoms in total. The summed E-state index contributed by atoms with van der Waals surface area (Å²) >= 11 is 0. The topological polar surface area (TPSA) is 93.2 Å². The van der Waals surface area contributed by atoms with Gasteiger partial charge in [0.05, 0.1) is 23.5 Å². The molecule has 1 fully saturated rings. The first-order valence-corrected chi connectivity index (χ1v) is 7.70. The number of benzene rings is 1. The number of rotatable bonds is 3. The number of nitrogens with zero attached hydrogens (tertiary/aromatic N) is 1. The van der Waals surface area contributed by atoms with Crippen LogP contribution in [0, 0.1) is 17.2 Å². The van der Waals surface area contributed by atoms with Gasteiger partial charge in [-0.25, -0.2) is 13.6 Å². The molecule has 0 bridgehead atoms. The van der Waals surface area contributed by atoms with E-state index >= 15 is 0 Å². The molecule has 19 heavy (non-hydrogen) atoms. The highest BCUT2D eigenvalue weighted by molar-refractivity contribution is 7.89. The van der Waals surface area contributed by atoms with Gasteiger partial charge in [-0.05, 0) is 30.5 Å². The molecule has 0 amide bonds. The van der Waals surface area contributed by atoms with Crippen molar-refractivity contribution >= 4 is 10.0 Å². The van der Waals surface area contributed by atoms with Crippen LogP contribution >= 0.6 is 0 Å². The van der Waals surface area contributed by atoms with Crippen molar-refractivity contribution in [2.24, 2.45) is 11.1 Å². The van der Waals surface area contributed by atoms with E-state index in [1.54, 1.807) is 12.1 Å². The van der Waals surface area contributed by atoms with Crippen LogP contribution in [0.1, 0.15) is 17.5 Å². The monoisotopic (exact) mass is 280 g/mol. The molecule has 1 aromatic carbocycles. The van der Waals surface area contributed by atoms with Crippen molar-refractivity contribution in [2.45, 2.75) is 18.1 Å². The number of hydrogen-bond donors (Lipinski definition) is 1. The van der Waals surface area contributed by atoms with Gasteiger partial charge in [0.25, 0.3) is 0 Å². The fourth-order valence-electron chi connectivity index (χ4n) is 2.42. The molecule has 1 aliphatic heterocycles. The lowest BCUT2D eigenvalue weighted by atomic mass is 9.93. The van der Waals surface area contributed by atoms with Gasteiger partial charge in [-0.15, -0.1) is 0 Å². The quantitative estimate of drug-likeness (QED) is 0.886. The van der Waals surface area contributed by atoms with Gasteiger partial charge in [0.2, 0.25) is 10.0 Å². The van der Waals surface area contributed by atoms with Crippen molar-refractivity contribution in [1.82, 2.24) is 0 Å². The summed E-state index contributed by atoms with van der Waals surface area (Å²) in [6, 6.07) is 9.19. The van der Waals surface area contributed by atoms with Crippen LogP contribution < -0.4 is 5.14 Å². The highest BCUT2D eigenvalue weighted by atomic mass is 32.2. The van der Waals surface area contributed by atoms with Crippen LogP contribution in [-0.4, -0.2) is 26.9 Å². The molecule has 2 N–H and O–H groups in total. The molecule has 0 unspecified atom stereocenters. The Labute approximate surface area is 113 Å². The second-order valence-electron chi connectivity index (χ2n) is 4.76. The third-order valence-electron chi connectivity index (χ3n) is 3.41. The first kappa shape index (κ1) is 14.0. The maximum Gasteiger partial charge on any atom is 0.212 e. The van der Waals surface area contributed by atoms with Gasteiger partial charge >= 0.3 is 0 Å². The third-order valence-corrected chi connectivity index (χ3v) is 4.87. The zero-order valence-electron chi connectivity index (χ0n) is 10.5. The minimum absolute atomic E-state index is 0.128. The molecule has 0 aromatic heterocycles. The van der Waals surface area contributed by atoms with E-state index in [1.165, 1.54) is 0 Å². The normalized spacial score (nSPS) is 23.8. The Kier molecular flexibility index (Phi) is 4.20. The Bertz CT molecular complexity index is 575. The fourth-order valence-corrected chi connectivity index (χ4v) is 3.55. The van der Waals surface area contributed by atoms with Crippen LogP contribution in [0.15, 0.2) is 24.3 Å². The van der Waals surface area contributed by atoms with Crippen LogP contribution in [0.5, 0.6) is 0 Å². The summed E-state index contributed by atoms with van der Waals surface area (Å²) in [6.07, 6.45) is 1.03. The SMILES string of the molecule is N#Cc1ccc(C[C@@H]2COCC[C@H]2S(N)(=O)=O)cc1. The Morgan fingerprint density at radius 2 is 2.05 bits per heavy atom. The van der Waals surface area contributed by atoms with E-state index in [4.69, 9.17) is 15.1 Å². The molecule has 0 spiro atoms. The summed E-state index contributed by atoms with van der Waals surface area (Å²) in [5.74, 6) is -0.128. The molecule has 1 aromatic rings. The zero-order chi connectivity index (χ0) is 13.9. The van der Waals surface area contributed by atoms with Crippen LogP contribution in [0.4, 0.5) is 0 Å². The minimum atomic E-state index is -3.54. The Morgan fingerprint density at radius 1 is 1.37 bits per heavy atom. The number of nitrogens with two attached hydrogens (primary N) is 1. The first-order valence-electron chi connectivity index (χ1n) is 6.09. The predicted octanol–water partition coefficient (Wildman–Crippen LogP) is 0.794. The van der Waals surface area contributed by atoms with E-state index in [-0.39, 0.29) is 5.92 Å². The Hall–Kier alpha value is -1.42. The van der Waals surface area contributed by atoms with Crippen LogP contribution in [0.25, 0.3) is 0 Å². The average molecular weight is 280 g/mol. The summed E-state index contributed by atoms with van der Waals surface area (Å²) in [5, 5.41) is 13.5. The fraction of sp³-hybridized carbons (Fsp3) is 0.462. The van der Waals surface area contributed by atoms with E-state index in [1.807, 2.05) is 12.1 Å². The summed E-state index contributed by atoms with van der Waals surface area (Å²) in [7, 11) is -3.54. The number of sulfonamides is 1. The lowest BCUT2D eigenvalue weighted by Crippen LogP contribution is -2.42. The van der Waals surface area contributed by atoms with Crippen LogP contribution in [-0.2, 0) is 21.2 Å². The molecule has 1 heterocycles. The molecular weight excluding hydrogens is 264 g/mol. The first-order chi connectivity index (χ1) is 9.00. The molecule has 0 saturated carbocycles. The maximum absolute atomic E-state index is 11.6. The number of nitriles is 1. The van der Waals surface area contributed by atoms with Crippen molar-refractivity contribution in [3.63, 3.8) is 0 Å². The smallest absolute Gasteiger partial charge is 0.212 e. The summed E-state index contributed by atoms with van der Waals surface area (Å²) in [4.78, 5) is 0. The number of hydrogen-bond acceptors (Lipinski definition) is 4. The van der Waals surface area contributed by atoms with E-state index in [2.05, 4.69) is 6.07 Å². The number of primary sulfonamides is 1. The Morgan fingerprint density at radius 3 is 2.63 bits per heavy atom. The lowest BCUT2D eigenvalue weighted by molar-refractivity contribution is 0.0572. The van der Waals surface area contributed by atoms with Crippen molar-refractivity contribution in [3.05, 3.63) is 35.4 Å². The predicted molar refractivity (Wildman–Crippen MR) is 70.7 cm³/mol. The van der Waals surface area contributed by atoms with E-state index in [0.717, 1.165) is 5.56 Å². The van der Waals surface area contributed by atoms with Crippen molar-refractivity contribution in [3.8, 4) is 6.07 Å². The lowest BCUT2D eigenvalue weighted by Gasteiger charge is -2.29. The molecule has 1 saturated heterocycles. The Balaban J connectivity index is 2.13. The van der Waals surface area contributed by atoms with Gasteiger partial charge in [0.1, 0.15) is 0 Å². The van der Waals surface area contributed by atoms with E-state index in [0.29, 0.717) is 31.6 Å². The second kappa shape index (κ2) is 5.70. The highest BCUT2D eigenvalue weighted by Crippen LogP contribution is 2.24. The average Bonchev–Trinajstić information content (AvgIpc) is 2.39. The van der Waals surface area contributed by atoms with Gasteiger partial charge < -0.3 is 4.74 Å². The molecule has 1 aliphatic rings. The minimum Gasteiger partial charge on any atom is -0.381 e. The molecule has 0 radical (unpaired) electrons. The van der Waals surface area contributed by atoms with Crippen molar-refractivity contribution < 1.29 is 13.2 Å². The van der Waals surface area contributed by atoms with E-state index in [9.17, 15) is 8.42 Å². The van der Waals surface area contributed by atoms with E-state index < -0.39 is 15.3 Å². The largest absolute Gasteiger partial charge is 0.381 e. The van der Waals surface area contributed by atoms with Gasteiger partial charge in [-0.3, -0.25) is 0 Å². The van der Waals surface area contributed by atoms with Crippen molar-refractivity contribution in [2.75, 3.05) is 13.2 Å². The van der Waals surface area contributed by atoms with Gasteiger partial charge in [0, 0.05) is 12.5 Å². The van der Waals surface area contributed by atoms with Gasteiger partial charge in [0.15, 0.2) is 0 Å². The van der Waals surface area contributed by atoms with Crippen LogP contribution in [0.3, 0.4) is 0 Å². The summed E-state index contributed by atoms with van der Waals surface area (Å²) in [6.45, 7) is 0.839. The summed E-state index contributed by atoms with van der Waals surface area (Å²) in [5.41, 5.74) is 1.58. The van der Waals surface area contributed by atoms with Gasteiger partial charge in [-0.1, -0.05) is 12.1 Å². The van der Waals surface area contributed by atoms with Crippen molar-refractivity contribution in [1.29, 1.82) is 5.26 Å². The standard InChI is InChI=1S/C13H16N2O3S/c14-8-11-3-1-10(2-4-11)7-12-9-18-6-5-13(12)19(15,16)17/h1-4,12-13H,5-7,9H2,(H2,15,16,17)/t12-,13-/m1/s1. The molecular formula is C13H16N2O3S. The highest BCUT2D eigenvalue weighted by Gasteiger charge is 2.33. The summed E-state index contributed by atoms with van der Waals surface area (Å²) < 4.78 is 28.5. The molecule has 102 valence electrons. The number of ether oxygens (including phenoxy) is 1. The van der Waals surface area contributed by atoms with Crippen LogP contribution in [0.2, 0.25) is 0 Å². The molecule has 2 atom stereocenters. The zero-order valence-corrected chi connectivity index (χ0v) is 11.3. The maximum atomic E-state index is 11.6. The third kappa shape index (κ3) is 3.53. The molecule has 2 rings (SSSR count). The molecule has 6 heteroatoms. The van der Waals surface area contributed by atoms with Gasteiger partial charge in [-0.2, -0.15) is 5.26 Å².